The van der Waals surface area contributed by atoms with Crippen molar-refractivity contribution in [2.24, 2.45) is 0 Å². The zero-order valence-corrected chi connectivity index (χ0v) is 17.9. The van der Waals surface area contributed by atoms with Gasteiger partial charge >= 0.3 is 6.18 Å². The Morgan fingerprint density at radius 3 is 2.25 bits per heavy atom. The van der Waals surface area contributed by atoms with E-state index < -0.39 is 11.7 Å². The van der Waals surface area contributed by atoms with Crippen molar-refractivity contribution in [3.63, 3.8) is 0 Å². The maximum Gasteiger partial charge on any atom is 0.416 e. The van der Waals surface area contributed by atoms with Crippen LogP contribution in [0.4, 0.5) is 18.9 Å². The summed E-state index contributed by atoms with van der Waals surface area (Å²) in [5.41, 5.74) is 1.96. The largest absolute Gasteiger partial charge is 0.416 e. The average Bonchev–Trinajstić information content (AvgIpc) is 3.11. The van der Waals surface area contributed by atoms with E-state index in [0.717, 1.165) is 28.9 Å². The van der Waals surface area contributed by atoms with Gasteiger partial charge in [0.1, 0.15) is 5.65 Å². The zero-order chi connectivity index (χ0) is 23.1. The van der Waals surface area contributed by atoms with Gasteiger partial charge in [0.2, 0.25) is 0 Å². The van der Waals surface area contributed by atoms with Gasteiger partial charge in [-0.2, -0.15) is 18.3 Å². The third kappa shape index (κ3) is 4.26. The fourth-order valence-electron chi connectivity index (χ4n) is 3.53. The van der Waals surface area contributed by atoms with Crippen LogP contribution < -0.4 is 10.9 Å². The molecule has 166 valence electrons. The van der Waals surface area contributed by atoms with Crippen LogP contribution in [0.2, 0.25) is 0 Å². The molecule has 2 aromatic carbocycles. The summed E-state index contributed by atoms with van der Waals surface area (Å²) in [5, 5.41) is 8.64. The summed E-state index contributed by atoms with van der Waals surface area (Å²) in [5.74, 6) is 0. The highest BCUT2D eigenvalue weighted by Crippen LogP contribution is 2.31. The molecular weight excluding hydrogens is 417 g/mol. The normalized spacial score (nSPS) is 12.3. The van der Waals surface area contributed by atoms with Crippen LogP contribution in [-0.4, -0.2) is 14.8 Å². The van der Waals surface area contributed by atoms with Crippen molar-refractivity contribution in [1.82, 2.24) is 14.8 Å². The second-order valence-corrected chi connectivity index (χ2v) is 8.66. The number of fused-ring (bicyclic) bond motifs is 1. The smallest absolute Gasteiger partial charge is 0.381 e. The van der Waals surface area contributed by atoms with Crippen molar-refractivity contribution in [1.29, 1.82) is 0 Å². The average molecular weight is 440 g/mol. The van der Waals surface area contributed by atoms with E-state index in [2.05, 4.69) is 31.1 Å². The fourth-order valence-corrected chi connectivity index (χ4v) is 3.53. The van der Waals surface area contributed by atoms with Crippen LogP contribution in [-0.2, 0) is 18.1 Å². The molecule has 0 aliphatic carbocycles. The number of alkyl halides is 3. The molecule has 0 aliphatic heterocycles. The number of nitrogens with zero attached hydrogens (tertiary/aromatic N) is 2. The Bertz CT molecular complexity index is 1300. The van der Waals surface area contributed by atoms with E-state index in [-0.39, 0.29) is 17.5 Å². The lowest BCUT2D eigenvalue weighted by Gasteiger charge is -2.15. The van der Waals surface area contributed by atoms with Gasteiger partial charge in [-0.1, -0.05) is 39.0 Å². The Hall–Kier alpha value is -3.55. The number of halogens is 3. The lowest BCUT2D eigenvalue weighted by atomic mass is 9.90. The molecule has 0 fully saturated rings. The number of benzene rings is 2. The van der Waals surface area contributed by atoms with Gasteiger partial charge in [0.05, 0.1) is 16.9 Å². The molecule has 0 amide bonds. The predicted octanol–water partition coefficient (Wildman–Crippen LogP) is 5.64. The standard InChI is InChI=1S/C24H23F3N4O/c1-23(2,3)20-19-13-15(14-28-17-11-9-16(10-12-17)24(25,26)27)22(32)29-21(19)31(30-20)18-7-5-4-6-8-18/h4-13,28H,14H2,1-3H3,(H,29,32). The van der Waals surface area contributed by atoms with Gasteiger partial charge in [0.15, 0.2) is 0 Å². The van der Waals surface area contributed by atoms with Crippen LogP contribution in [0.25, 0.3) is 16.7 Å². The first-order chi connectivity index (χ1) is 15.0. The minimum atomic E-state index is -4.39. The molecule has 0 spiro atoms. The maximum absolute atomic E-state index is 12.8. The highest BCUT2D eigenvalue weighted by molar-refractivity contribution is 5.81. The number of hydrogen-bond donors (Lipinski definition) is 2. The Morgan fingerprint density at radius 1 is 1.00 bits per heavy atom. The summed E-state index contributed by atoms with van der Waals surface area (Å²) in [6, 6.07) is 16.1. The van der Waals surface area contributed by atoms with Gasteiger partial charge in [-0.15, -0.1) is 0 Å². The van der Waals surface area contributed by atoms with Crippen molar-refractivity contribution in [2.45, 2.75) is 38.9 Å². The molecule has 0 aliphatic rings. The lowest BCUT2D eigenvalue weighted by Crippen LogP contribution is -2.17. The summed E-state index contributed by atoms with van der Waals surface area (Å²) in [6.07, 6.45) is -4.39. The van der Waals surface area contributed by atoms with Crippen LogP contribution >= 0.6 is 0 Å². The highest BCUT2D eigenvalue weighted by atomic mass is 19.4. The number of nitrogens with one attached hydrogen (secondary N) is 2. The van der Waals surface area contributed by atoms with E-state index in [1.165, 1.54) is 12.1 Å². The Balaban J connectivity index is 1.71. The third-order valence-corrected chi connectivity index (χ3v) is 5.17. The minimum Gasteiger partial charge on any atom is -0.381 e. The van der Waals surface area contributed by atoms with Gasteiger partial charge in [0.25, 0.3) is 5.56 Å². The molecule has 2 aromatic heterocycles. The predicted molar refractivity (Wildman–Crippen MR) is 119 cm³/mol. The van der Waals surface area contributed by atoms with E-state index in [4.69, 9.17) is 5.10 Å². The Kier molecular flexibility index (Phi) is 5.32. The Morgan fingerprint density at radius 2 is 1.66 bits per heavy atom. The summed E-state index contributed by atoms with van der Waals surface area (Å²) >= 11 is 0. The topological polar surface area (TPSA) is 62.7 Å². The molecule has 8 heteroatoms. The SMILES string of the molecule is CC(C)(C)c1nn(-c2ccccc2)c2[nH]c(=O)c(CNc3ccc(C(F)(F)F)cc3)cc12. The summed E-state index contributed by atoms with van der Waals surface area (Å²) in [7, 11) is 0. The van der Waals surface area contributed by atoms with Gasteiger partial charge < -0.3 is 10.3 Å². The molecule has 0 atom stereocenters. The van der Waals surface area contributed by atoms with E-state index >= 15 is 0 Å². The molecule has 0 saturated heterocycles. The fraction of sp³-hybridized carbons (Fsp3) is 0.250. The van der Waals surface area contributed by atoms with Crippen molar-refractivity contribution in [2.75, 3.05) is 5.32 Å². The first kappa shape index (κ1) is 21.7. The third-order valence-electron chi connectivity index (χ3n) is 5.17. The molecule has 2 heterocycles. The first-order valence-corrected chi connectivity index (χ1v) is 10.2. The van der Waals surface area contributed by atoms with Crippen molar-refractivity contribution in [3.8, 4) is 5.69 Å². The van der Waals surface area contributed by atoms with Crippen LogP contribution in [0.15, 0.2) is 65.5 Å². The van der Waals surface area contributed by atoms with Crippen LogP contribution in [0.3, 0.4) is 0 Å². The minimum absolute atomic E-state index is 0.163. The zero-order valence-electron chi connectivity index (χ0n) is 17.9. The lowest BCUT2D eigenvalue weighted by molar-refractivity contribution is -0.137. The van der Waals surface area contributed by atoms with Gasteiger partial charge in [-0.25, -0.2) is 4.68 Å². The quantitative estimate of drug-likeness (QED) is 0.432. The molecular formula is C24H23F3N4O. The Labute approximate surface area is 182 Å². The second-order valence-electron chi connectivity index (χ2n) is 8.66. The molecule has 0 radical (unpaired) electrons. The molecule has 2 N–H and O–H groups in total. The van der Waals surface area contributed by atoms with Crippen molar-refractivity contribution >= 4 is 16.7 Å². The molecule has 32 heavy (non-hydrogen) atoms. The van der Waals surface area contributed by atoms with E-state index in [9.17, 15) is 18.0 Å². The molecule has 5 nitrogen and oxygen atoms in total. The van der Waals surface area contributed by atoms with Crippen LogP contribution in [0.5, 0.6) is 0 Å². The number of hydrogen-bond acceptors (Lipinski definition) is 3. The number of anilines is 1. The molecule has 0 saturated carbocycles. The molecule has 0 bridgehead atoms. The molecule has 4 rings (SSSR count). The first-order valence-electron chi connectivity index (χ1n) is 10.2. The monoisotopic (exact) mass is 440 g/mol. The van der Waals surface area contributed by atoms with Gasteiger partial charge in [0, 0.05) is 28.6 Å². The number of para-hydroxylation sites is 1. The summed E-state index contributed by atoms with van der Waals surface area (Å²) < 4.78 is 40.0. The number of aromatic amines is 1. The van der Waals surface area contributed by atoms with E-state index in [1.54, 1.807) is 10.7 Å². The van der Waals surface area contributed by atoms with Gasteiger partial charge in [-0.3, -0.25) is 4.79 Å². The second kappa shape index (κ2) is 7.85. The summed E-state index contributed by atoms with van der Waals surface area (Å²) in [6.45, 7) is 6.32. The molecule has 0 unspecified atom stereocenters. The number of H-pyrrole nitrogens is 1. The van der Waals surface area contributed by atoms with Crippen LogP contribution in [0, 0.1) is 0 Å². The highest BCUT2D eigenvalue weighted by Gasteiger charge is 2.30. The van der Waals surface area contributed by atoms with E-state index in [1.807, 2.05) is 30.3 Å². The van der Waals surface area contributed by atoms with Crippen LogP contribution in [0.1, 0.15) is 37.6 Å². The van der Waals surface area contributed by atoms with Crippen molar-refractivity contribution < 1.29 is 13.2 Å². The van der Waals surface area contributed by atoms with E-state index in [0.29, 0.717) is 16.9 Å². The summed E-state index contributed by atoms with van der Waals surface area (Å²) in [4.78, 5) is 15.7. The van der Waals surface area contributed by atoms with Gasteiger partial charge in [-0.05, 0) is 42.5 Å². The number of pyridine rings is 1. The number of aromatic nitrogens is 3. The van der Waals surface area contributed by atoms with Crippen molar-refractivity contribution in [3.05, 3.63) is 87.8 Å². The molecule has 4 aromatic rings. The maximum atomic E-state index is 12.8. The number of rotatable bonds is 4.